The number of carbonyl (C=O) groups excluding carboxylic acids is 1. The SMILES string of the molecule is CC1(C)[C@H](Cc2cc(CN3CCN(c4ccccc4)CC3)on2)C[C@@H]1NC(=O)c1ccnc(Cl)c1. The summed E-state index contributed by atoms with van der Waals surface area (Å²) in [5.41, 5.74) is 2.79. The molecular formula is C27H32ClN5O2. The van der Waals surface area contributed by atoms with Crippen LogP contribution in [0.4, 0.5) is 5.69 Å². The minimum Gasteiger partial charge on any atom is -0.369 e. The predicted octanol–water partition coefficient (Wildman–Crippen LogP) is 4.43. The Kier molecular flexibility index (Phi) is 6.80. The van der Waals surface area contributed by atoms with Crippen molar-refractivity contribution in [2.45, 2.75) is 39.3 Å². The van der Waals surface area contributed by atoms with Crippen LogP contribution in [-0.4, -0.2) is 53.2 Å². The monoisotopic (exact) mass is 493 g/mol. The van der Waals surface area contributed by atoms with Crippen LogP contribution in [0.2, 0.25) is 5.15 Å². The lowest BCUT2D eigenvalue weighted by molar-refractivity contribution is 0.0138. The van der Waals surface area contributed by atoms with Crippen LogP contribution < -0.4 is 10.2 Å². The standard InChI is InChI=1S/C27H32ClN5O2/c1-27(2)20(16-24(27)30-26(34)19-8-9-29-25(28)14-19)15-21-17-23(35-31-21)18-32-10-12-33(13-11-32)22-6-4-3-5-7-22/h3-9,14,17,20,24H,10-13,15-16,18H2,1-2H3,(H,30,34)/t20-,24+/m1/s1. The molecule has 1 N–H and O–H groups in total. The summed E-state index contributed by atoms with van der Waals surface area (Å²) in [5, 5.41) is 7.84. The lowest BCUT2D eigenvalue weighted by Gasteiger charge is -2.52. The van der Waals surface area contributed by atoms with Crippen molar-refractivity contribution >= 4 is 23.2 Å². The van der Waals surface area contributed by atoms with Crippen molar-refractivity contribution in [1.82, 2.24) is 20.4 Å². The molecule has 8 heteroatoms. The number of halogens is 1. The van der Waals surface area contributed by atoms with E-state index < -0.39 is 0 Å². The van der Waals surface area contributed by atoms with Gasteiger partial charge in [0.25, 0.3) is 5.91 Å². The van der Waals surface area contributed by atoms with Gasteiger partial charge >= 0.3 is 0 Å². The number of para-hydroxylation sites is 1. The number of amides is 1. The van der Waals surface area contributed by atoms with Crippen molar-refractivity contribution in [2.75, 3.05) is 31.1 Å². The molecule has 3 aromatic rings. The van der Waals surface area contributed by atoms with E-state index in [-0.39, 0.29) is 17.4 Å². The van der Waals surface area contributed by atoms with Crippen LogP contribution in [0.25, 0.3) is 0 Å². The van der Waals surface area contributed by atoms with Gasteiger partial charge in [0.1, 0.15) is 5.15 Å². The Bertz CT molecular complexity index is 1160. The molecule has 2 aliphatic rings. The van der Waals surface area contributed by atoms with Crippen LogP contribution in [-0.2, 0) is 13.0 Å². The highest BCUT2D eigenvalue weighted by Gasteiger charge is 2.48. The van der Waals surface area contributed by atoms with Crippen LogP contribution in [0.5, 0.6) is 0 Å². The number of anilines is 1. The number of nitrogens with zero attached hydrogens (tertiary/aromatic N) is 4. The smallest absolute Gasteiger partial charge is 0.251 e. The molecule has 0 spiro atoms. The summed E-state index contributed by atoms with van der Waals surface area (Å²) in [4.78, 5) is 21.4. The minimum absolute atomic E-state index is 0.0284. The number of rotatable bonds is 7. The number of nitrogens with one attached hydrogen (secondary N) is 1. The third-order valence-corrected chi connectivity index (χ3v) is 7.91. The van der Waals surface area contributed by atoms with Gasteiger partial charge in [-0.3, -0.25) is 9.69 Å². The molecule has 35 heavy (non-hydrogen) atoms. The van der Waals surface area contributed by atoms with E-state index in [1.165, 1.54) is 5.69 Å². The van der Waals surface area contributed by atoms with E-state index in [9.17, 15) is 4.79 Å². The van der Waals surface area contributed by atoms with E-state index in [1.807, 2.05) is 0 Å². The first-order chi connectivity index (χ1) is 16.9. The van der Waals surface area contributed by atoms with Gasteiger partial charge in [0.15, 0.2) is 5.76 Å². The number of aromatic nitrogens is 2. The van der Waals surface area contributed by atoms with Gasteiger partial charge in [-0.1, -0.05) is 48.8 Å². The van der Waals surface area contributed by atoms with Gasteiger partial charge in [-0.15, -0.1) is 0 Å². The fraction of sp³-hybridized carbons (Fsp3) is 0.444. The quantitative estimate of drug-likeness (QED) is 0.491. The Morgan fingerprint density at radius 1 is 1.14 bits per heavy atom. The van der Waals surface area contributed by atoms with Crippen LogP contribution in [0.1, 0.15) is 42.1 Å². The van der Waals surface area contributed by atoms with Gasteiger partial charge in [-0.2, -0.15) is 0 Å². The van der Waals surface area contributed by atoms with Crippen LogP contribution in [0, 0.1) is 11.3 Å². The maximum absolute atomic E-state index is 12.6. The number of carbonyl (C=O) groups is 1. The Balaban J connectivity index is 1.10. The molecule has 1 saturated carbocycles. The van der Waals surface area contributed by atoms with Gasteiger partial charge in [-0.25, -0.2) is 4.98 Å². The lowest BCUT2D eigenvalue weighted by atomic mass is 9.57. The summed E-state index contributed by atoms with van der Waals surface area (Å²) in [5.74, 6) is 1.24. The number of hydrogen-bond acceptors (Lipinski definition) is 6. The maximum atomic E-state index is 12.6. The zero-order chi connectivity index (χ0) is 24.4. The molecule has 184 valence electrons. The molecule has 3 heterocycles. The Morgan fingerprint density at radius 3 is 2.63 bits per heavy atom. The molecule has 0 bridgehead atoms. The largest absolute Gasteiger partial charge is 0.369 e. The first-order valence-electron chi connectivity index (χ1n) is 12.3. The molecule has 0 unspecified atom stereocenters. The molecule has 1 aliphatic carbocycles. The van der Waals surface area contributed by atoms with E-state index in [0.717, 1.165) is 57.0 Å². The van der Waals surface area contributed by atoms with Crippen molar-refractivity contribution in [3.63, 3.8) is 0 Å². The fourth-order valence-corrected chi connectivity index (χ4v) is 5.37. The third kappa shape index (κ3) is 5.36. The summed E-state index contributed by atoms with van der Waals surface area (Å²) in [7, 11) is 0. The van der Waals surface area contributed by atoms with E-state index in [4.69, 9.17) is 16.1 Å². The zero-order valence-corrected chi connectivity index (χ0v) is 21.0. The summed E-state index contributed by atoms with van der Waals surface area (Å²) < 4.78 is 5.68. The van der Waals surface area contributed by atoms with Crippen molar-refractivity contribution in [1.29, 1.82) is 0 Å². The molecule has 5 rings (SSSR count). The predicted molar refractivity (Wildman–Crippen MR) is 137 cm³/mol. The number of hydrogen-bond donors (Lipinski definition) is 1. The minimum atomic E-state index is -0.109. The molecular weight excluding hydrogens is 462 g/mol. The lowest BCUT2D eigenvalue weighted by Crippen LogP contribution is -2.58. The van der Waals surface area contributed by atoms with Crippen molar-refractivity contribution < 1.29 is 9.32 Å². The second-order valence-electron chi connectivity index (χ2n) is 10.2. The Hall–Kier alpha value is -2.90. The molecule has 1 aliphatic heterocycles. The van der Waals surface area contributed by atoms with Gasteiger partial charge in [-0.05, 0) is 48.4 Å². The first-order valence-corrected chi connectivity index (χ1v) is 12.7. The maximum Gasteiger partial charge on any atom is 0.251 e. The number of pyridine rings is 1. The van der Waals surface area contributed by atoms with Crippen molar-refractivity contribution in [2.24, 2.45) is 11.3 Å². The number of piperazine rings is 1. The molecule has 1 amide bonds. The topological polar surface area (TPSA) is 74.5 Å². The summed E-state index contributed by atoms with van der Waals surface area (Å²) in [6, 6.07) is 16.1. The van der Waals surface area contributed by atoms with Gasteiger partial charge in [0, 0.05) is 55.7 Å². The van der Waals surface area contributed by atoms with Crippen LogP contribution >= 0.6 is 11.6 Å². The highest BCUT2D eigenvalue weighted by atomic mass is 35.5. The van der Waals surface area contributed by atoms with Gasteiger partial charge < -0.3 is 14.7 Å². The average Bonchev–Trinajstić information content (AvgIpc) is 3.31. The summed E-state index contributed by atoms with van der Waals surface area (Å²) in [6.45, 7) is 9.24. The molecule has 7 nitrogen and oxygen atoms in total. The highest BCUT2D eigenvalue weighted by Crippen LogP contribution is 2.47. The van der Waals surface area contributed by atoms with Crippen LogP contribution in [0.3, 0.4) is 0 Å². The van der Waals surface area contributed by atoms with Gasteiger partial charge in [0.05, 0.1) is 12.2 Å². The second kappa shape index (κ2) is 9.99. The number of benzene rings is 1. The Morgan fingerprint density at radius 2 is 1.91 bits per heavy atom. The second-order valence-corrected chi connectivity index (χ2v) is 10.6. The molecule has 0 radical (unpaired) electrons. The highest BCUT2D eigenvalue weighted by molar-refractivity contribution is 6.29. The van der Waals surface area contributed by atoms with E-state index in [0.29, 0.717) is 16.6 Å². The van der Waals surface area contributed by atoms with Crippen molar-refractivity contribution in [3.8, 4) is 0 Å². The Labute approximate surface area is 211 Å². The summed E-state index contributed by atoms with van der Waals surface area (Å²) in [6.07, 6.45) is 3.32. The molecule has 1 aromatic carbocycles. The third-order valence-electron chi connectivity index (χ3n) is 7.70. The summed E-state index contributed by atoms with van der Waals surface area (Å²) >= 11 is 5.93. The zero-order valence-electron chi connectivity index (χ0n) is 20.3. The molecule has 2 atom stereocenters. The van der Waals surface area contributed by atoms with Crippen LogP contribution in [0.15, 0.2) is 59.3 Å². The molecule has 1 saturated heterocycles. The normalized spacial score (nSPS) is 22.0. The van der Waals surface area contributed by atoms with Gasteiger partial charge in [0.2, 0.25) is 0 Å². The first kappa shape index (κ1) is 23.8. The van der Waals surface area contributed by atoms with E-state index >= 15 is 0 Å². The van der Waals surface area contributed by atoms with E-state index in [1.54, 1.807) is 18.3 Å². The fourth-order valence-electron chi connectivity index (χ4n) is 5.19. The average molecular weight is 494 g/mol. The molecule has 2 aromatic heterocycles. The van der Waals surface area contributed by atoms with Crippen molar-refractivity contribution in [3.05, 3.63) is 76.9 Å². The molecule has 2 fully saturated rings. The van der Waals surface area contributed by atoms with E-state index in [2.05, 4.69) is 75.5 Å².